The highest BCUT2D eigenvalue weighted by molar-refractivity contribution is 5.86. The first kappa shape index (κ1) is 14.2. The second-order valence-electron chi connectivity index (χ2n) is 6.95. The molecule has 0 aromatic rings. The van der Waals surface area contributed by atoms with Crippen molar-refractivity contribution in [1.29, 1.82) is 0 Å². The maximum atomic E-state index is 12.8. The number of carboxylic acid groups (broad SMARTS) is 1. The van der Waals surface area contributed by atoms with Crippen molar-refractivity contribution in [2.24, 2.45) is 5.41 Å². The fourth-order valence-corrected chi connectivity index (χ4v) is 3.71. The Morgan fingerprint density at radius 3 is 2.21 bits per heavy atom. The van der Waals surface area contributed by atoms with Gasteiger partial charge in [0.2, 0.25) is 5.91 Å². The smallest absolute Gasteiger partial charge is 0.407 e. The van der Waals surface area contributed by atoms with Crippen LogP contribution in [0, 0.1) is 5.41 Å². The Morgan fingerprint density at radius 2 is 1.84 bits per heavy atom. The summed E-state index contributed by atoms with van der Waals surface area (Å²) in [5.74, 6) is 0.220. The molecule has 2 aliphatic heterocycles. The Kier molecular flexibility index (Phi) is 3.27. The molecule has 1 spiro atoms. The fraction of sp³-hybridized carbons (Fsp3) is 0.857. The molecule has 0 unspecified atom stereocenters. The number of carbonyl (C=O) groups is 2. The van der Waals surface area contributed by atoms with Crippen LogP contribution < -0.4 is 0 Å². The van der Waals surface area contributed by atoms with Gasteiger partial charge in [-0.2, -0.15) is 0 Å². The van der Waals surface area contributed by atoms with Crippen LogP contribution in [-0.4, -0.2) is 51.6 Å². The number of hydrogen-bond acceptors (Lipinski definition) is 2. The molecule has 0 aromatic heterocycles. The van der Waals surface area contributed by atoms with Gasteiger partial charge in [-0.3, -0.25) is 4.79 Å². The summed E-state index contributed by atoms with van der Waals surface area (Å²) in [4.78, 5) is 27.1. The third kappa shape index (κ3) is 2.30. The number of carbonyl (C=O) groups excluding carboxylic acids is 1. The Hall–Kier alpha value is -1.26. The molecular formula is C14H24N2O3. The molecule has 0 bridgehead atoms. The molecular weight excluding hydrogens is 244 g/mol. The Balaban J connectivity index is 2.16. The van der Waals surface area contributed by atoms with Crippen molar-refractivity contribution in [1.82, 2.24) is 9.80 Å². The summed E-state index contributed by atoms with van der Waals surface area (Å²) in [6, 6.07) is 0.240. The third-order valence-corrected chi connectivity index (χ3v) is 4.51. The lowest BCUT2D eigenvalue weighted by Crippen LogP contribution is -2.50. The molecule has 2 heterocycles. The zero-order chi connectivity index (χ0) is 14.4. The van der Waals surface area contributed by atoms with Gasteiger partial charge in [0.05, 0.1) is 5.41 Å². The molecule has 2 fully saturated rings. The lowest BCUT2D eigenvalue weighted by molar-refractivity contribution is -0.143. The first-order valence-electron chi connectivity index (χ1n) is 6.99. The molecule has 1 N–H and O–H groups in total. The van der Waals surface area contributed by atoms with Crippen LogP contribution in [0.5, 0.6) is 0 Å². The largest absolute Gasteiger partial charge is 0.465 e. The summed E-state index contributed by atoms with van der Waals surface area (Å²) in [7, 11) is 0. The predicted molar refractivity (Wildman–Crippen MR) is 71.9 cm³/mol. The monoisotopic (exact) mass is 268 g/mol. The molecule has 108 valence electrons. The standard InChI is InChI=1S/C14H24N2O3/c1-10-9-14(11(17)16(10)13(2,3)4)5-7-15(8-6-14)12(18)19/h10H,5-9H2,1-4H3,(H,18,19)/t10-/m1/s1. The normalized spacial score (nSPS) is 27.2. The number of rotatable bonds is 0. The minimum atomic E-state index is -0.874. The van der Waals surface area contributed by atoms with E-state index in [1.807, 2.05) is 4.90 Å². The Labute approximate surface area is 114 Å². The minimum absolute atomic E-state index is 0.163. The average molecular weight is 268 g/mol. The quantitative estimate of drug-likeness (QED) is 0.732. The summed E-state index contributed by atoms with van der Waals surface area (Å²) in [5, 5.41) is 9.00. The zero-order valence-corrected chi connectivity index (χ0v) is 12.3. The van der Waals surface area contributed by atoms with Crippen LogP contribution in [0.2, 0.25) is 0 Å². The topological polar surface area (TPSA) is 60.9 Å². The molecule has 0 aromatic carbocycles. The second kappa shape index (κ2) is 4.39. The number of piperidine rings is 1. The van der Waals surface area contributed by atoms with Crippen LogP contribution in [0.4, 0.5) is 4.79 Å². The summed E-state index contributed by atoms with van der Waals surface area (Å²) in [6.45, 7) is 9.24. The third-order valence-electron chi connectivity index (χ3n) is 4.51. The number of amides is 2. The minimum Gasteiger partial charge on any atom is -0.465 e. The molecule has 5 heteroatoms. The van der Waals surface area contributed by atoms with Crippen molar-refractivity contribution in [3.63, 3.8) is 0 Å². The summed E-state index contributed by atoms with van der Waals surface area (Å²) >= 11 is 0. The van der Waals surface area contributed by atoms with E-state index < -0.39 is 6.09 Å². The highest BCUT2D eigenvalue weighted by Gasteiger charge is 2.53. The van der Waals surface area contributed by atoms with Crippen LogP contribution >= 0.6 is 0 Å². The van der Waals surface area contributed by atoms with Crippen molar-refractivity contribution >= 4 is 12.0 Å². The molecule has 0 radical (unpaired) electrons. The number of hydrogen-bond donors (Lipinski definition) is 1. The molecule has 2 aliphatic rings. The highest BCUT2D eigenvalue weighted by Crippen LogP contribution is 2.46. The summed E-state index contributed by atoms with van der Waals surface area (Å²) in [6.07, 6.45) is 1.31. The van der Waals surface area contributed by atoms with Gasteiger partial charge >= 0.3 is 6.09 Å². The Bertz CT molecular complexity index is 392. The van der Waals surface area contributed by atoms with E-state index in [1.54, 1.807) is 0 Å². The van der Waals surface area contributed by atoms with Gasteiger partial charge in [0, 0.05) is 24.7 Å². The molecule has 0 saturated carbocycles. The number of nitrogens with zero attached hydrogens (tertiary/aromatic N) is 2. The molecule has 19 heavy (non-hydrogen) atoms. The van der Waals surface area contributed by atoms with E-state index in [0.717, 1.165) is 6.42 Å². The maximum absolute atomic E-state index is 12.8. The number of likely N-dealkylation sites (tertiary alicyclic amines) is 2. The van der Waals surface area contributed by atoms with E-state index in [-0.39, 0.29) is 22.9 Å². The van der Waals surface area contributed by atoms with Gasteiger partial charge in [0.15, 0.2) is 0 Å². The summed E-state index contributed by atoms with van der Waals surface area (Å²) in [5.41, 5.74) is -0.484. The van der Waals surface area contributed by atoms with Crippen molar-refractivity contribution < 1.29 is 14.7 Å². The van der Waals surface area contributed by atoms with E-state index in [4.69, 9.17) is 5.11 Å². The van der Waals surface area contributed by atoms with Crippen molar-refractivity contribution in [3.05, 3.63) is 0 Å². The maximum Gasteiger partial charge on any atom is 0.407 e. The van der Waals surface area contributed by atoms with Gasteiger partial charge in [-0.1, -0.05) is 0 Å². The van der Waals surface area contributed by atoms with E-state index >= 15 is 0 Å². The molecule has 0 aliphatic carbocycles. The fourth-order valence-electron chi connectivity index (χ4n) is 3.71. The van der Waals surface area contributed by atoms with E-state index in [1.165, 1.54) is 4.90 Å². The molecule has 1 atom stereocenters. The first-order valence-corrected chi connectivity index (χ1v) is 6.99. The lowest BCUT2D eigenvalue weighted by atomic mass is 9.76. The van der Waals surface area contributed by atoms with E-state index in [0.29, 0.717) is 25.9 Å². The SMILES string of the molecule is C[C@@H]1CC2(CCN(C(=O)O)CC2)C(=O)N1C(C)(C)C. The van der Waals surface area contributed by atoms with Gasteiger partial charge < -0.3 is 14.9 Å². The van der Waals surface area contributed by atoms with Crippen molar-refractivity contribution in [2.45, 2.75) is 58.5 Å². The lowest BCUT2D eigenvalue weighted by Gasteiger charge is -2.39. The zero-order valence-electron chi connectivity index (χ0n) is 12.3. The van der Waals surface area contributed by atoms with Gasteiger partial charge in [0.25, 0.3) is 0 Å². The van der Waals surface area contributed by atoms with Gasteiger partial charge in [-0.05, 0) is 47.0 Å². The second-order valence-corrected chi connectivity index (χ2v) is 6.95. The van der Waals surface area contributed by atoms with Crippen LogP contribution in [0.1, 0.15) is 47.0 Å². The van der Waals surface area contributed by atoms with Crippen LogP contribution in [0.3, 0.4) is 0 Å². The van der Waals surface area contributed by atoms with E-state index in [2.05, 4.69) is 27.7 Å². The highest BCUT2D eigenvalue weighted by atomic mass is 16.4. The summed E-state index contributed by atoms with van der Waals surface area (Å²) < 4.78 is 0. The molecule has 2 rings (SSSR count). The van der Waals surface area contributed by atoms with Crippen LogP contribution in [0.25, 0.3) is 0 Å². The van der Waals surface area contributed by atoms with Crippen LogP contribution in [0.15, 0.2) is 0 Å². The van der Waals surface area contributed by atoms with Gasteiger partial charge in [0.1, 0.15) is 0 Å². The van der Waals surface area contributed by atoms with E-state index in [9.17, 15) is 9.59 Å². The van der Waals surface area contributed by atoms with Gasteiger partial charge in [-0.25, -0.2) is 4.79 Å². The van der Waals surface area contributed by atoms with Gasteiger partial charge in [-0.15, -0.1) is 0 Å². The van der Waals surface area contributed by atoms with Crippen LogP contribution in [-0.2, 0) is 4.79 Å². The average Bonchev–Trinajstić information content (AvgIpc) is 2.50. The molecule has 2 saturated heterocycles. The Morgan fingerprint density at radius 1 is 1.32 bits per heavy atom. The van der Waals surface area contributed by atoms with Crippen molar-refractivity contribution in [2.75, 3.05) is 13.1 Å². The molecule has 5 nitrogen and oxygen atoms in total. The molecule has 2 amide bonds. The van der Waals surface area contributed by atoms with Crippen molar-refractivity contribution in [3.8, 4) is 0 Å². The predicted octanol–water partition coefficient (Wildman–Crippen LogP) is 2.17. The first-order chi connectivity index (χ1) is 8.67.